The summed E-state index contributed by atoms with van der Waals surface area (Å²) in [6.07, 6.45) is 3.22. The largest absolute Gasteiger partial charge is 0.493 e. The number of imide groups is 1. The lowest BCUT2D eigenvalue weighted by Crippen LogP contribution is -2.33. The molecule has 1 aliphatic heterocycles. The lowest BCUT2D eigenvalue weighted by atomic mass is 10.1. The Labute approximate surface area is 186 Å². The molecule has 0 aliphatic carbocycles. The summed E-state index contributed by atoms with van der Waals surface area (Å²) >= 11 is 4.11. The van der Waals surface area contributed by atoms with Crippen LogP contribution < -0.4 is 9.47 Å². The van der Waals surface area contributed by atoms with Crippen LogP contribution in [0.5, 0.6) is 11.5 Å². The summed E-state index contributed by atoms with van der Waals surface area (Å²) < 4.78 is 11.7. The highest BCUT2D eigenvalue weighted by molar-refractivity contribution is 9.10. The van der Waals surface area contributed by atoms with Gasteiger partial charge in [-0.3, -0.25) is 19.3 Å². The zero-order valence-electron chi connectivity index (χ0n) is 16.1. The van der Waals surface area contributed by atoms with E-state index >= 15 is 0 Å². The number of ether oxygens (including phenoxy) is 2. The van der Waals surface area contributed by atoms with Crippen LogP contribution in [-0.2, 0) is 4.79 Å². The van der Waals surface area contributed by atoms with Crippen molar-refractivity contribution < 1.29 is 23.9 Å². The maximum atomic E-state index is 12.7. The zero-order valence-corrected chi connectivity index (χ0v) is 18.5. The molecule has 0 unspecified atom stereocenters. The molecule has 0 bridgehead atoms. The van der Waals surface area contributed by atoms with Gasteiger partial charge in [0.15, 0.2) is 17.3 Å². The number of hydrogen-bond donors (Lipinski definition) is 0. The van der Waals surface area contributed by atoms with Crippen molar-refractivity contribution in [2.24, 2.45) is 0 Å². The number of ketones is 1. The highest BCUT2D eigenvalue weighted by Crippen LogP contribution is 2.34. The van der Waals surface area contributed by atoms with Gasteiger partial charge in [0, 0.05) is 10.0 Å². The van der Waals surface area contributed by atoms with Gasteiger partial charge in [-0.15, -0.1) is 0 Å². The second kappa shape index (κ2) is 9.77. The number of carbonyl (C=O) groups excluding carboxylic acids is 3. The van der Waals surface area contributed by atoms with E-state index in [9.17, 15) is 14.4 Å². The molecule has 0 N–H and O–H groups in total. The average Bonchev–Trinajstić information content (AvgIpc) is 3.00. The Balaban J connectivity index is 1.76. The van der Waals surface area contributed by atoms with Crippen LogP contribution in [0.15, 0.2) is 64.5 Å². The van der Waals surface area contributed by atoms with Gasteiger partial charge in [0.25, 0.3) is 11.1 Å². The first-order valence-electron chi connectivity index (χ1n) is 8.89. The van der Waals surface area contributed by atoms with Crippen LogP contribution in [0, 0.1) is 0 Å². The topological polar surface area (TPSA) is 72.9 Å². The molecule has 1 saturated heterocycles. The number of carbonyl (C=O) groups is 3. The van der Waals surface area contributed by atoms with Crippen LogP contribution >= 0.6 is 27.7 Å². The summed E-state index contributed by atoms with van der Waals surface area (Å²) in [5.74, 6) is 0.232. The minimum Gasteiger partial charge on any atom is -0.493 e. The summed E-state index contributed by atoms with van der Waals surface area (Å²) in [6.45, 7) is 3.64. The lowest BCUT2D eigenvalue weighted by molar-refractivity contribution is -0.122. The molecular weight excluding hydrogens is 470 g/mol. The molecule has 1 aliphatic rings. The van der Waals surface area contributed by atoms with Crippen molar-refractivity contribution in [3.8, 4) is 11.5 Å². The lowest BCUT2D eigenvalue weighted by Gasteiger charge is -2.11. The molecule has 1 heterocycles. The van der Waals surface area contributed by atoms with Crippen molar-refractivity contribution in [3.05, 3.63) is 75.6 Å². The maximum Gasteiger partial charge on any atom is 0.293 e. The van der Waals surface area contributed by atoms with Gasteiger partial charge in [-0.25, -0.2) is 0 Å². The number of thioether (sulfide) groups is 1. The number of nitrogens with zero attached hydrogens (tertiary/aromatic N) is 1. The fourth-order valence-corrected chi connectivity index (χ4v) is 3.80. The SMILES string of the molecule is C=CCOc1ccc(/C=C2/SC(=O)N(CC(=O)c3ccc(Br)cc3)C2=O)cc1OC. The Morgan fingerprint density at radius 2 is 1.90 bits per heavy atom. The molecule has 0 aromatic heterocycles. The van der Waals surface area contributed by atoms with E-state index in [1.807, 2.05) is 0 Å². The summed E-state index contributed by atoms with van der Waals surface area (Å²) in [4.78, 5) is 38.7. The van der Waals surface area contributed by atoms with Gasteiger partial charge in [0.2, 0.25) is 0 Å². The van der Waals surface area contributed by atoms with Gasteiger partial charge in [0.05, 0.1) is 18.6 Å². The second-order valence-electron chi connectivity index (χ2n) is 6.21. The molecule has 2 amide bonds. The van der Waals surface area contributed by atoms with Crippen LogP contribution in [0.25, 0.3) is 6.08 Å². The Morgan fingerprint density at radius 3 is 2.57 bits per heavy atom. The molecule has 1 fully saturated rings. The van der Waals surface area contributed by atoms with E-state index in [2.05, 4.69) is 22.5 Å². The van der Waals surface area contributed by atoms with Crippen molar-refractivity contribution in [3.63, 3.8) is 0 Å². The monoisotopic (exact) mass is 487 g/mol. The number of Topliss-reactive ketones (excluding diaryl/α,β-unsaturated/α-hetero) is 1. The van der Waals surface area contributed by atoms with Crippen LogP contribution in [0.3, 0.4) is 0 Å². The molecule has 0 saturated carbocycles. The molecule has 2 aromatic carbocycles. The van der Waals surface area contributed by atoms with E-state index in [-0.39, 0.29) is 17.2 Å². The second-order valence-corrected chi connectivity index (χ2v) is 8.12. The molecule has 3 rings (SSSR count). The Hall–Kier alpha value is -2.84. The number of hydrogen-bond acceptors (Lipinski definition) is 6. The quantitative estimate of drug-likeness (QED) is 0.298. The first kappa shape index (κ1) is 21.9. The van der Waals surface area contributed by atoms with Gasteiger partial charge >= 0.3 is 0 Å². The third-order valence-electron chi connectivity index (χ3n) is 4.18. The predicted molar refractivity (Wildman–Crippen MR) is 120 cm³/mol. The van der Waals surface area contributed by atoms with Gasteiger partial charge in [0.1, 0.15) is 6.61 Å². The highest BCUT2D eigenvalue weighted by atomic mass is 79.9. The van der Waals surface area contributed by atoms with E-state index in [1.54, 1.807) is 54.6 Å². The summed E-state index contributed by atoms with van der Waals surface area (Å²) in [5, 5.41) is -0.477. The van der Waals surface area contributed by atoms with Crippen molar-refractivity contribution in [2.45, 2.75) is 0 Å². The standard InChI is InChI=1S/C22H18BrNO5S/c1-3-10-29-18-9-4-14(11-19(18)28-2)12-20-21(26)24(22(27)30-20)13-17(25)15-5-7-16(23)8-6-15/h3-9,11-12H,1,10,13H2,2H3/b20-12+. The Kier molecular flexibility index (Phi) is 7.12. The van der Waals surface area contributed by atoms with E-state index < -0.39 is 11.1 Å². The summed E-state index contributed by atoms with van der Waals surface area (Å²) in [7, 11) is 1.52. The van der Waals surface area contributed by atoms with E-state index in [1.165, 1.54) is 7.11 Å². The molecule has 30 heavy (non-hydrogen) atoms. The fourth-order valence-electron chi connectivity index (χ4n) is 2.70. The van der Waals surface area contributed by atoms with Crippen molar-refractivity contribution in [2.75, 3.05) is 20.3 Å². The van der Waals surface area contributed by atoms with Crippen LogP contribution in [0.2, 0.25) is 0 Å². The molecule has 8 heteroatoms. The van der Waals surface area contributed by atoms with Crippen LogP contribution in [0.4, 0.5) is 4.79 Å². The van der Waals surface area contributed by atoms with E-state index in [4.69, 9.17) is 9.47 Å². The summed E-state index contributed by atoms with van der Waals surface area (Å²) in [6, 6.07) is 11.9. The third-order valence-corrected chi connectivity index (χ3v) is 5.62. The Morgan fingerprint density at radius 1 is 1.17 bits per heavy atom. The first-order valence-corrected chi connectivity index (χ1v) is 10.5. The van der Waals surface area contributed by atoms with Crippen LogP contribution in [-0.4, -0.2) is 42.1 Å². The molecular formula is C22H18BrNO5S. The van der Waals surface area contributed by atoms with Gasteiger partial charge in [-0.1, -0.05) is 46.8 Å². The number of benzene rings is 2. The minimum absolute atomic E-state index is 0.241. The minimum atomic E-state index is -0.499. The average molecular weight is 488 g/mol. The molecule has 154 valence electrons. The van der Waals surface area contributed by atoms with Gasteiger partial charge in [-0.2, -0.15) is 0 Å². The number of amides is 2. The third kappa shape index (κ3) is 5.01. The molecule has 0 atom stereocenters. The predicted octanol–water partition coefficient (Wildman–Crippen LogP) is 4.94. The normalized spacial score (nSPS) is 14.9. The highest BCUT2D eigenvalue weighted by Gasteiger charge is 2.36. The molecule has 0 spiro atoms. The first-order chi connectivity index (χ1) is 14.4. The molecule has 2 aromatic rings. The summed E-state index contributed by atoms with van der Waals surface area (Å²) in [5.41, 5.74) is 1.10. The number of rotatable bonds is 8. The van der Waals surface area contributed by atoms with Crippen molar-refractivity contribution in [1.82, 2.24) is 4.90 Å². The van der Waals surface area contributed by atoms with E-state index in [0.29, 0.717) is 29.2 Å². The van der Waals surface area contributed by atoms with Gasteiger partial charge < -0.3 is 9.47 Å². The molecule has 6 nitrogen and oxygen atoms in total. The van der Waals surface area contributed by atoms with Crippen molar-refractivity contribution in [1.29, 1.82) is 0 Å². The van der Waals surface area contributed by atoms with E-state index in [0.717, 1.165) is 21.1 Å². The van der Waals surface area contributed by atoms with Crippen molar-refractivity contribution >= 4 is 50.7 Å². The smallest absolute Gasteiger partial charge is 0.293 e. The number of halogens is 1. The fraction of sp³-hybridized carbons (Fsp3) is 0.136. The Bertz CT molecular complexity index is 1030. The maximum absolute atomic E-state index is 12.7. The number of methoxy groups -OCH3 is 1. The molecule has 0 radical (unpaired) electrons. The van der Waals surface area contributed by atoms with Gasteiger partial charge in [-0.05, 0) is 47.7 Å². The van der Waals surface area contributed by atoms with Crippen LogP contribution in [0.1, 0.15) is 15.9 Å². The zero-order chi connectivity index (χ0) is 21.7.